The number of nitrogens with zero attached hydrogens (tertiary/aromatic N) is 2. The highest BCUT2D eigenvalue weighted by molar-refractivity contribution is 5.78. The summed E-state index contributed by atoms with van der Waals surface area (Å²) in [6.45, 7) is 5.34. The topological polar surface area (TPSA) is 67.6 Å². The molecular weight excluding hydrogens is 222 g/mol. The molecular formula is C11H17N3O3. The summed E-state index contributed by atoms with van der Waals surface area (Å²) in [6, 6.07) is 1.85. The summed E-state index contributed by atoms with van der Waals surface area (Å²) in [7, 11) is 0. The van der Waals surface area contributed by atoms with Gasteiger partial charge in [-0.2, -0.15) is 0 Å². The predicted molar refractivity (Wildman–Crippen MR) is 60.3 cm³/mol. The molecule has 1 N–H and O–H groups in total. The number of ether oxygens (including phenoxy) is 1. The van der Waals surface area contributed by atoms with Crippen molar-refractivity contribution in [1.82, 2.24) is 15.4 Å². The van der Waals surface area contributed by atoms with Crippen LogP contribution >= 0.6 is 0 Å². The number of carbonyl (C=O) groups is 1. The molecule has 0 spiro atoms. The Bertz CT molecular complexity index is 372. The van der Waals surface area contributed by atoms with Gasteiger partial charge in [-0.1, -0.05) is 5.16 Å². The maximum atomic E-state index is 11.8. The van der Waals surface area contributed by atoms with E-state index in [2.05, 4.69) is 10.5 Å². The highest BCUT2D eigenvalue weighted by Crippen LogP contribution is 2.01. The number of amides is 1. The molecule has 0 atom stereocenters. The zero-order valence-corrected chi connectivity index (χ0v) is 9.94. The van der Waals surface area contributed by atoms with Crippen molar-refractivity contribution in [1.29, 1.82) is 0 Å². The van der Waals surface area contributed by atoms with Crippen LogP contribution in [0.15, 0.2) is 10.6 Å². The Balaban J connectivity index is 1.69. The molecule has 1 fully saturated rings. The number of aromatic nitrogens is 1. The van der Waals surface area contributed by atoms with Gasteiger partial charge in [-0.3, -0.25) is 4.79 Å². The minimum Gasteiger partial charge on any atom is -0.378 e. The second-order valence-electron chi connectivity index (χ2n) is 4.03. The van der Waals surface area contributed by atoms with E-state index in [0.717, 1.165) is 11.5 Å². The van der Waals surface area contributed by atoms with Gasteiger partial charge in [0.05, 0.1) is 32.0 Å². The fourth-order valence-corrected chi connectivity index (χ4v) is 1.72. The van der Waals surface area contributed by atoms with Gasteiger partial charge in [-0.05, 0) is 6.92 Å². The van der Waals surface area contributed by atoms with Gasteiger partial charge in [0.1, 0.15) is 0 Å². The van der Waals surface area contributed by atoms with Crippen LogP contribution in [0.2, 0.25) is 0 Å². The van der Waals surface area contributed by atoms with Crippen LogP contribution in [0, 0.1) is 6.92 Å². The first-order chi connectivity index (χ1) is 8.25. The molecule has 1 aliphatic rings. The van der Waals surface area contributed by atoms with E-state index >= 15 is 0 Å². The number of aryl methyl sites for hydroxylation is 1. The minimum absolute atomic E-state index is 0.101. The molecule has 0 radical (unpaired) electrons. The van der Waals surface area contributed by atoms with E-state index in [0.29, 0.717) is 39.4 Å². The molecule has 0 aliphatic carbocycles. The van der Waals surface area contributed by atoms with Gasteiger partial charge in [0.25, 0.3) is 0 Å². The van der Waals surface area contributed by atoms with E-state index in [1.807, 2.05) is 17.9 Å². The van der Waals surface area contributed by atoms with Gasteiger partial charge in [0, 0.05) is 19.2 Å². The monoisotopic (exact) mass is 239 g/mol. The van der Waals surface area contributed by atoms with Crippen LogP contribution in [0.5, 0.6) is 0 Å². The zero-order valence-electron chi connectivity index (χ0n) is 9.94. The summed E-state index contributed by atoms with van der Waals surface area (Å²) in [5, 5.41) is 6.82. The minimum atomic E-state index is 0.101. The average molecular weight is 239 g/mol. The van der Waals surface area contributed by atoms with E-state index < -0.39 is 0 Å². The van der Waals surface area contributed by atoms with E-state index in [9.17, 15) is 4.79 Å². The SMILES string of the molecule is Cc1cc(CNCC(=O)N2CCOCC2)on1. The van der Waals surface area contributed by atoms with Crippen molar-refractivity contribution in [3.63, 3.8) is 0 Å². The normalized spacial score (nSPS) is 16.2. The number of carbonyl (C=O) groups excluding carboxylic acids is 1. The Kier molecular flexibility index (Phi) is 4.11. The lowest BCUT2D eigenvalue weighted by Crippen LogP contribution is -2.44. The summed E-state index contributed by atoms with van der Waals surface area (Å²) in [4.78, 5) is 13.6. The molecule has 2 rings (SSSR count). The Morgan fingerprint density at radius 3 is 2.94 bits per heavy atom. The summed E-state index contributed by atoms with van der Waals surface area (Å²) in [6.07, 6.45) is 0. The second kappa shape index (κ2) is 5.79. The molecule has 6 nitrogen and oxygen atoms in total. The van der Waals surface area contributed by atoms with Gasteiger partial charge in [0.15, 0.2) is 5.76 Å². The lowest BCUT2D eigenvalue weighted by atomic mass is 10.3. The molecule has 0 bridgehead atoms. The lowest BCUT2D eigenvalue weighted by Gasteiger charge is -2.26. The van der Waals surface area contributed by atoms with Crippen molar-refractivity contribution >= 4 is 5.91 Å². The third-order valence-corrected chi connectivity index (χ3v) is 2.62. The number of hydrogen-bond acceptors (Lipinski definition) is 5. The molecule has 17 heavy (non-hydrogen) atoms. The first-order valence-corrected chi connectivity index (χ1v) is 5.74. The molecule has 6 heteroatoms. The largest absolute Gasteiger partial charge is 0.378 e. The first kappa shape index (κ1) is 12.1. The van der Waals surface area contributed by atoms with Gasteiger partial charge in [-0.15, -0.1) is 0 Å². The Hall–Kier alpha value is -1.40. The zero-order chi connectivity index (χ0) is 12.1. The number of rotatable bonds is 4. The van der Waals surface area contributed by atoms with Crippen molar-refractivity contribution in [3.8, 4) is 0 Å². The van der Waals surface area contributed by atoms with Crippen LogP contribution in [0.4, 0.5) is 0 Å². The average Bonchev–Trinajstić information content (AvgIpc) is 2.76. The lowest BCUT2D eigenvalue weighted by molar-refractivity contribution is -0.134. The summed E-state index contributed by atoms with van der Waals surface area (Å²) < 4.78 is 10.2. The van der Waals surface area contributed by atoms with E-state index in [1.165, 1.54) is 0 Å². The third-order valence-electron chi connectivity index (χ3n) is 2.62. The van der Waals surface area contributed by atoms with E-state index in [4.69, 9.17) is 9.26 Å². The molecule has 2 heterocycles. The maximum absolute atomic E-state index is 11.8. The van der Waals surface area contributed by atoms with Crippen molar-refractivity contribution in [2.45, 2.75) is 13.5 Å². The van der Waals surface area contributed by atoms with Gasteiger partial charge < -0.3 is 19.5 Å². The van der Waals surface area contributed by atoms with Crippen LogP contribution in [0.25, 0.3) is 0 Å². The van der Waals surface area contributed by atoms with Crippen LogP contribution in [0.3, 0.4) is 0 Å². The smallest absolute Gasteiger partial charge is 0.236 e. The van der Waals surface area contributed by atoms with Gasteiger partial charge in [-0.25, -0.2) is 0 Å². The van der Waals surface area contributed by atoms with Crippen molar-refractivity contribution < 1.29 is 14.1 Å². The van der Waals surface area contributed by atoms with E-state index in [1.54, 1.807) is 0 Å². The van der Waals surface area contributed by atoms with Crippen LogP contribution in [-0.2, 0) is 16.1 Å². The van der Waals surface area contributed by atoms with Gasteiger partial charge in [0.2, 0.25) is 5.91 Å². The fraction of sp³-hybridized carbons (Fsp3) is 0.636. The Morgan fingerprint density at radius 1 is 1.53 bits per heavy atom. The number of morpholine rings is 1. The molecule has 1 saturated heterocycles. The molecule has 1 aliphatic heterocycles. The third kappa shape index (κ3) is 3.54. The molecule has 1 aromatic rings. The summed E-state index contributed by atoms with van der Waals surface area (Å²) >= 11 is 0. The maximum Gasteiger partial charge on any atom is 0.236 e. The van der Waals surface area contributed by atoms with Gasteiger partial charge >= 0.3 is 0 Å². The van der Waals surface area contributed by atoms with Crippen LogP contribution in [-0.4, -0.2) is 48.8 Å². The number of hydrogen-bond donors (Lipinski definition) is 1. The molecule has 1 aromatic heterocycles. The van der Waals surface area contributed by atoms with E-state index in [-0.39, 0.29) is 5.91 Å². The highest BCUT2D eigenvalue weighted by atomic mass is 16.5. The van der Waals surface area contributed by atoms with Crippen molar-refractivity contribution in [2.75, 3.05) is 32.8 Å². The molecule has 0 unspecified atom stereocenters. The Labute approximate surface area is 99.9 Å². The predicted octanol–water partition coefficient (Wildman–Crippen LogP) is -0.0686. The Morgan fingerprint density at radius 2 is 2.29 bits per heavy atom. The highest BCUT2D eigenvalue weighted by Gasteiger charge is 2.16. The van der Waals surface area contributed by atoms with Crippen molar-refractivity contribution in [3.05, 3.63) is 17.5 Å². The summed E-state index contributed by atoms with van der Waals surface area (Å²) in [5.74, 6) is 0.849. The van der Waals surface area contributed by atoms with Crippen LogP contribution < -0.4 is 5.32 Å². The standard InChI is InChI=1S/C11H17N3O3/c1-9-6-10(17-13-9)7-12-8-11(15)14-2-4-16-5-3-14/h6,12H,2-5,7-8H2,1H3. The molecule has 0 aromatic carbocycles. The fourth-order valence-electron chi connectivity index (χ4n) is 1.72. The van der Waals surface area contributed by atoms with Crippen molar-refractivity contribution in [2.24, 2.45) is 0 Å². The molecule has 0 saturated carbocycles. The summed E-state index contributed by atoms with van der Waals surface area (Å²) in [5.41, 5.74) is 0.848. The molecule has 1 amide bonds. The first-order valence-electron chi connectivity index (χ1n) is 5.74. The molecule has 94 valence electrons. The second-order valence-corrected chi connectivity index (χ2v) is 4.03. The quantitative estimate of drug-likeness (QED) is 0.796. The number of nitrogens with one attached hydrogen (secondary N) is 1. The van der Waals surface area contributed by atoms with Crippen LogP contribution in [0.1, 0.15) is 11.5 Å².